The first-order valence-electron chi connectivity index (χ1n) is 6.67. The van der Waals surface area contributed by atoms with Crippen LogP contribution in [0.2, 0.25) is 0 Å². The van der Waals surface area contributed by atoms with Gasteiger partial charge in [0.2, 0.25) is 0 Å². The molecule has 98 valence electrons. The molecule has 0 N–H and O–H groups in total. The van der Waals surface area contributed by atoms with Gasteiger partial charge in [0.15, 0.2) is 0 Å². The second kappa shape index (κ2) is 3.39. The minimum absolute atomic E-state index is 0.278. The van der Waals surface area contributed by atoms with Gasteiger partial charge in [0.05, 0.1) is 22.7 Å². The number of rotatable bonds is 1. The third-order valence-electron chi connectivity index (χ3n) is 5.32. The molecule has 0 atom stereocenters. The molecule has 0 unspecified atom stereocenters. The molecule has 3 rings (SSSR count). The fourth-order valence-electron chi connectivity index (χ4n) is 3.38. The summed E-state index contributed by atoms with van der Waals surface area (Å²) in [5, 5.41) is 9.00. The maximum Gasteiger partial charge on any atom is 0.113 e. The molecule has 0 bridgehead atoms. The van der Waals surface area contributed by atoms with Gasteiger partial charge in [-0.25, -0.2) is 4.98 Å². The van der Waals surface area contributed by atoms with Gasteiger partial charge in [0, 0.05) is 13.0 Å². The van der Waals surface area contributed by atoms with Crippen molar-refractivity contribution in [3.8, 4) is 6.07 Å². The van der Waals surface area contributed by atoms with Crippen LogP contribution in [0.25, 0.3) is 11.0 Å². The molecule has 3 heteroatoms. The average molecular weight is 253 g/mol. The summed E-state index contributed by atoms with van der Waals surface area (Å²) in [5.74, 6) is 1.61. The summed E-state index contributed by atoms with van der Waals surface area (Å²) in [6.45, 7) is 9.21. The lowest BCUT2D eigenvalue weighted by atomic mass is 10.0. The zero-order valence-electron chi connectivity index (χ0n) is 12.2. The second-order valence-corrected chi connectivity index (χ2v) is 6.72. The third kappa shape index (κ3) is 1.40. The van der Waals surface area contributed by atoms with Crippen LogP contribution in [-0.4, -0.2) is 9.55 Å². The van der Waals surface area contributed by atoms with Crippen molar-refractivity contribution in [1.82, 2.24) is 9.55 Å². The van der Waals surface area contributed by atoms with Gasteiger partial charge in [-0.1, -0.05) is 27.7 Å². The van der Waals surface area contributed by atoms with Crippen molar-refractivity contribution < 1.29 is 0 Å². The lowest BCUT2D eigenvalue weighted by Crippen LogP contribution is -1.99. The first-order valence-corrected chi connectivity index (χ1v) is 6.67. The fraction of sp³-hybridized carbons (Fsp3) is 0.500. The summed E-state index contributed by atoms with van der Waals surface area (Å²) < 4.78 is 2.15. The molecule has 2 aromatic rings. The average Bonchev–Trinajstić information content (AvgIpc) is 2.63. The molecule has 19 heavy (non-hydrogen) atoms. The summed E-state index contributed by atoms with van der Waals surface area (Å²) in [6, 6.07) is 7.90. The Bertz CT molecular complexity index is 699. The molecule has 1 aliphatic carbocycles. The number of nitrogens with zero attached hydrogens (tertiary/aromatic N) is 3. The molecule has 1 fully saturated rings. The van der Waals surface area contributed by atoms with Crippen LogP contribution in [0, 0.1) is 22.2 Å². The van der Waals surface area contributed by atoms with E-state index >= 15 is 0 Å². The summed E-state index contributed by atoms with van der Waals surface area (Å²) in [7, 11) is 2.05. The third-order valence-corrected chi connectivity index (χ3v) is 5.32. The minimum atomic E-state index is 0.278. The highest BCUT2D eigenvalue weighted by Crippen LogP contribution is 2.73. The summed E-state index contributed by atoms with van der Waals surface area (Å²) in [4.78, 5) is 4.79. The summed E-state index contributed by atoms with van der Waals surface area (Å²) >= 11 is 0. The van der Waals surface area contributed by atoms with Gasteiger partial charge in [-0.3, -0.25) is 0 Å². The van der Waals surface area contributed by atoms with E-state index in [2.05, 4.69) is 45.4 Å². The van der Waals surface area contributed by atoms with Crippen molar-refractivity contribution in [2.24, 2.45) is 17.9 Å². The largest absolute Gasteiger partial charge is 0.331 e. The van der Waals surface area contributed by atoms with Crippen LogP contribution in [-0.2, 0) is 7.05 Å². The Morgan fingerprint density at radius 1 is 1.21 bits per heavy atom. The molecule has 0 spiro atoms. The lowest BCUT2D eigenvalue weighted by molar-refractivity contribution is 0.457. The second-order valence-electron chi connectivity index (χ2n) is 6.72. The summed E-state index contributed by atoms with van der Waals surface area (Å²) in [6.07, 6.45) is 0. The Morgan fingerprint density at radius 3 is 2.37 bits per heavy atom. The Morgan fingerprint density at radius 2 is 1.84 bits per heavy atom. The molecule has 1 aromatic carbocycles. The van der Waals surface area contributed by atoms with Crippen LogP contribution in [0.1, 0.15) is 45.0 Å². The van der Waals surface area contributed by atoms with Gasteiger partial charge in [-0.2, -0.15) is 5.26 Å². The topological polar surface area (TPSA) is 41.6 Å². The molecule has 0 aliphatic heterocycles. The van der Waals surface area contributed by atoms with Crippen molar-refractivity contribution in [2.75, 3.05) is 0 Å². The van der Waals surface area contributed by atoms with Crippen LogP contribution in [0.4, 0.5) is 0 Å². The van der Waals surface area contributed by atoms with Crippen molar-refractivity contribution in [1.29, 1.82) is 5.26 Å². The van der Waals surface area contributed by atoms with E-state index < -0.39 is 0 Å². The number of hydrogen-bond acceptors (Lipinski definition) is 2. The molecule has 1 heterocycles. The van der Waals surface area contributed by atoms with Crippen LogP contribution in [0.3, 0.4) is 0 Å². The molecular formula is C16H19N3. The van der Waals surface area contributed by atoms with Crippen LogP contribution < -0.4 is 0 Å². The number of hydrogen-bond donors (Lipinski definition) is 0. The zero-order valence-corrected chi connectivity index (χ0v) is 12.2. The van der Waals surface area contributed by atoms with E-state index in [1.165, 1.54) is 0 Å². The Hall–Kier alpha value is -1.82. The molecule has 3 nitrogen and oxygen atoms in total. The maximum absolute atomic E-state index is 9.00. The van der Waals surface area contributed by atoms with Crippen molar-refractivity contribution in [2.45, 2.75) is 33.6 Å². The molecule has 0 amide bonds. The van der Waals surface area contributed by atoms with Gasteiger partial charge in [0.25, 0.3) is 0 Å². The Kier molecular flexibility index (Phi) is 2.18. The molecule has 0 radical (unpaired) electrons. The Labute approximate surface area is 113 Å². The first kappa shape index (κ1) is 12.2. The SMILES string of the molecule is Cn1c(C2C(C)(C)C2(C)C)nc2ccc(C#N)cc21. The number of benzene rings is 1. The number of aromatic nitrogens is 2. The molecule has 1 aliphatic rings. The van der Waals surface area contributed by atoms with Crippen molar-refractivity contribution in [3.63, 3.8) is 0 Å². The highest BCUT2D eigenvalue weighted by atomic mass is 15.1. The zero-order chi connectivity index (χ0) is 14.0. The molecule has 0 saturated heterocycles. The van der Waals surface area contributed by atoms with E-state index in [0.29, 0.717) is 11.5 Å². The standard InChI is InChI=1S/C16H19N3/c1-15(2)13(16(15,3)4)14-18-11-7-6-10(9-17)8-12(11)19(14)5/h6-8,13H,1-5H3. The van der Waals surface area contributed by atoms with Crippen LogP contribution >= 0.6 is 0 Å². The lowest BCUT2D eigenvalue weighted by Gasteiger charge is -2.03. The van der Waals surface area contributed by atoms with E-state index in [1.807, 2.05) is 18.2 Å². The van der Waals surface area contributed by atoms with Crippen LogP contribution in [0.15, 0.2) is 18.2 Å². The van der Waals surface area contributed by atoms with Crippen molar-refractivity contribution in [3.05, 3.63) is 29.6 Å². The van der Waals surface area contributed by atoms with E-state index in [-0.39, 0.29) is 10.8 Å². The number of imidazole rings is 1. The predicted octanol–water partition coefficient (Wildman–Crippen LogP) is 3.59. The van der Waals surface area contributed by atoms with Gasteiger partial charge < -0.3 is 4.57 Å². The monoisotopic (exact) mass is 253 g/mol. The number of aryl methyl sites for hydroxylation is 1. The number of fused-ring (bicyclic) bond motifs is 1. The summed E-state index contributed by atoms with van der Waals surface area (Å²) in [5.41, 5.74) is 3.28. The van der Waals surface area contributed by atoms with Gasteiger partial charge in [-0.15, -0.1) is 0 Å². The van der Waals surface area contributed by atoms with E-state index in [1.54, 1.807) is 0 Å². The molecule has 1 saturated carbocycles. The predicted molar refractivity (Wildman–Crippen MR) is 75.7 cm³/mol. The Balaban J connectivity index is 2.18. The van der Waals surface area contributed by atoms with E-state index in [0.717, 1.165) is 16.9 Å². The smallest absolute Gasteiger partial charge is 0.113 e. The van der Waals surface area contributed by atoms with Gasteiger partial charge in [-0.05, 0) is 29.0 Å². The highest BCUT2D eigenvalue weighted by molar-refractivity contribution is 5.78. The van der Waals surface area contributed by atoms with Crippen LogP contribution in [0.5, 0.6) is 0 Å². The van der Waals surface area contributed by atoms with E-state index in [4.69, 9.17) is 10.2 Å². The quantitative estimate of drug-likeness (QED) is 0.779. The first-order chi connectivity index (χ1) is 8.80. The van der Waals surface area contributed by atoms with E-state index in [9.17, 15) is 0 Å². The maximum atomic E-state index is 9.00. The fourth-order valence-corrected chi connectivity index (χ4v) is 3.38. The van der Waals surface area contributed by atoms with Gasteiger partial charge in [0.1, 0.15) is 5.82 Å². The minimum Gasteiger partial charge on any atom is -0.331 e. The van der Waals surface area contributed by atoms with Crippen molar-refractivity contribution >= 4 is 11.0 Å². The highest BCUT2D eigenvalue weighted by Gasteiger charge is 2.66. The van der Waals surface area contributed by atoms with Gasteiger partial charge >= 0.3 is 0 Å². The number of nitriles is 1. The molecular weight excluding hydrogens is 234 g/mol. The normalized spacial score (nSPS) is 20.4. The molecule has 1 aromatic heterocycles.